The quantitative estimate of drug-likeness (QED) is 0.469. The second-order valence-corrected chi connectivity index (χ2v) is 7.19. The Morgan fingerprint density at radius 1 is 1.15 bits per heavy atom. The molecule has 7 nitrogen and oxygen atoms in total. The zero-order chi connectivity index (χ0) is 23.4. The molecule has 1 heterocycles. The van der Waals surface area contributed by atoms with Gasteiger partial charge in [-0.3, -0.25) is 4.79 Å². The lowest BCUT2D eigenvalue weighted by atomic mass is 10.1. The average Bonchev–Trinajstić information content (AvgIpc) is 3.18. The van der Waals surface area contributed by atoms with Crippen molar-refractivity contribution in [1.29, 1.82) is 5.26 Å². The van der Waals surface area contributed by atoms with Crippen molar-refractivity contribution in [3.05, 3.63) is 95.3 Å². The number of nitrogens with zero attached hydrogens (tertiary/aromatic N) is 3. The fraction of sp³-hybridized carbons (Fsp3) is 0.0800. The van der Waals surface area contributed by atoms with Crippen molar-refractivity contribution in [2.75, 3.05) is 12.8 Å². The van der Waals surface area contributed by atoms with Gasteiger partial charge < -0.3 is 15.8 Å². The maximum Gasteiger partial charge on any atom is 0.255 e. The minimum atomic E-state index is -0.429. The van der Waals surface area contributed by atoms with Gasteiger partial charge in [-0.15, -0.1) is 0 Å². The molecule has 0 radical (unpaired) electrons. The van der Waals surface area contributed by atoms with E-state index in [1.165, 1.54) is 23.9 Å². The molecule has 3 N–H and O–H groups in total. The zero-order valence-electron chi connectivity index (χ0n) is 17.7. The van der Waals surface area contributed by atoms with Crippen LogP contribution in [0.15, 0.2) is 72.8 Å². The molecule has 4 aromatic rings. The minimum Gasteiger partial charge on any atom is -0.496 e. The third-order valence-corrected chi connectivity index (χ3v) is 5.12. The molecule has 164 valence electrons. The van der Waals surface area contributed by atoms with Gasteiger partial charge in [-0.1, -0.05) is 42.5 Å². The lowest BCUT2D eigenvalue weighted by molar-refractivity contribution is 0.0948. The number of hydrogen-bond acceptors (Lipinski definition) is 5. The van der Waals surface area contributed by atoms with E-state index in [2.05, 4.69) is 16.5 Å². The lowest BCUT2D eigenvalue weighted by Crippen LogP contribution is -2.23. The molecular weight excluding hydrogens is 421 g/mol. The predicted octanol–water partition coefficient (Wildman–Crippen LogP) is 4.07. The van der Waals surface area contributed by atoms with Crippen molar-refractivity contribution >= 4 is 11.7 Å². The number of amides is 1. The number of nitrogen functional groups attached to an aromatic ring is 1. The first kappa shape index (κ1) is 21.6. The zero-order valence-corrected chi connectivity index (χ0v) is 17.7. The van der Waals surface area contributed by atoms with Gasteiger partial charge in [0.05, 0.1) is 18.4 Å². The van der Waals surface area contributed by atoms with Crippen LogP contribution >= 0.6 is 0 Å². The Bertz CT molecular complexity index is 1360. The highest BCUT2D eigenvalue weighted by Gasteiger charge is 2.18. The summed E-state index contributed by atoms with van der Waals surface area (Å²) in [4.78, 5) is 12.5. The van der Waals surface area contributed by atoms with E-state index in [-0.39, 0.29) is 17.3 Å². The average molecular weight is 441 g/mol. The number of aromatic nitrogens is 2. The van der Waals surface area contributed by atoms with Crippen LogP contribution in [0.25, 0.3) is 16.9 Å². The molecular formula is C25H20FN5O2. The maximum atomic E-state index is 13.6. The molecule has 0 aliphatic carbocycles. The highest BCUT2D eigenvalue weighted by atomic mass is 19.1. The summed E-state index contributed by atoms with van der Waals surface area (Å²) in [6.07, 6.45) is 0. The van der Waals surface area contributed by atoms with Crippen LogP contribution in [0.2, 0.25) is 0 Å². The molecule has 1 amide bonds. The number of benzene rings is 3. The number of anilines is 1. The Morgan fingerprint density at radius 3 is 2.61 bits per heavy atom. The number of rotatable bonds is 6. The van der Waals surface area contributed by atoms with Gasteiger partial charge in [0.2, 0.25) is 0 Å². The fourth-order valence-electron chi connectivity index (χ4n) is 3.44. The Balaban J connectivity index is 1.54. The molecule has 0 bridgehead atoms. The number of para-hydroxylation sites is 1. The van der Waals surface area contributed by atoms with Gasteiger partial charge in [-0.05, 0) is 35.9 Å². The van der Waals surface area contributed by atoms with Gasteiger partial charge >= 0.3 is 0 Å². The molecule has 33 heavy (non-hydrogen) atoms. The number of hydrogen-bond donors (Lipinski definition) is 2. The number of carbonyl (C=O) groups excluding carboxylic acids is 1. The molecule has 0 fully saturated rings. The first-order valence-electron chi connectivity index (χ1n) is 10.1. The van der Waals surface area contributed by atoms with E-state index in [1.54, 1.807) is 48.5 Å². The summed E-state index contributed by atoms with van der Waals surface area (Å²) in [5, 5.41) is 16.9. The van der Waals surface area contributed by atoms with E-state index >= 15 is 0 Å². The molecule has 0 atom stereocenters. The van der Waals surface area contributed by atoms with Crippen LogP contribution in [0.1, 0.15) is 21.5 Å². The van der Waals surface area contributed by atoms with Crippen molar-refractivity contribution < 1.29 is 13.9 Å². The highest BCUT2D eigenvalue weighted by molar-refractivity contribution is 5.96. The Kier molecular flexibility index (Phi) is 6.04. The number of nitrogens with two attached hydrogens (primary N) is 1. The van der Waals surface area contributed by atoms with Gasteiger partial charge in [0.1, 0.15) is 34.7 Å². The topological polar surface area (TPSA) is 106 Å². The molecule has 0 unspecified atom stereocenters. The van der Waals surface area contributed by atoms with E-state index in [0.717, 1.165) is 5.56 Å². The van der Waals surface area contributed by atoms with Crippen LogP contribution in [-0.2, 0) is 6.54 Å². The number of ether oxygens (including phenoxy) is 1. The summed E-state index contributed by atoms with van der Waals surface area (Å²) in [5.74, 6) is -0.0426. The molecule has 0 aliphatic rings. The van der Waals surface area contributed by atoms with Crippen molar-refractivity contribution in [3.8, 4) is 28.8 Å². The Labute approximate surface area is 189 Å². The standard InChI is InChI=1S/C25H20FN5O2/c1-33-22-8-3-2-7-20(22)25(32)29-15-16-9-11-17(12-10-16)23-21(14-27)24(28)31(30-23)19-6-4-5-18(26)13-19/h2-13H,15,28H2,1H3,(H,29,32). The van der Waals surface area contributed by atoms with Crippen molar-refractivity contribution in [1.82, 2.24) is 15.1 Å². The molecule has 0 saturated heterocycles. The SMILES string of the molecule is COc1ccccc1C(=O)NCc1ccc(-c2nn(-c3cccc(F)c3)c(N)c2C#N)cc1. The van der Waals surface area contributed by atoms with Gasteiger partial charge in [0.15, 0.2) is 0 Å². The number of methoxy groups -OCH3 is 1. The Hall–Kier alpha value is -4.64. The Morgan fingerprint density at radius 2 is 1.91 bits per heavy atom. The normalized spacial score (nSPS) is 10.5. The molecule has 0 saturated carbocycles. The van der Waals surface area contributed by atoms with Gasteiger partial charge in [0.25, 0.3) is 5.91 Å². The monoisotopic (exact) mass is 441 g/mol. The molecule has 8 heteroatoms. The van der Waals surface area contributed by atoms with E-state index in [9.17, 15) is 14.4 Å². The van der Waals surface area contributed by atoms with E-state index < -0.39 is 5.82 Å². The first-order valence-corrected chi connectivity index (χ1v) is 10.1. The summed E-state index contributed by atoms with van der Waals surface area (Å²) >= 11 is 0. The van der Waals surface area contributed by atoms with Gasteiger partial charge in [0, 0.05) is 12.1 Å². The lowest BCUT2D eigenvalue weighted by Gasteiger charge is -2.09. The maximum absolute atomic E-state index is 13.6. The second kappa shape index (κ2) is 9.24. The molecule has 1 aromatic heterocycles. The van der Waals surface area contributed by atoms with E-state index in [0.29, 0.717) is 34.8 Å². The third kappa shape index (κ3) is 4.38. The molecule has 0 aliphatic heterocycles. The highest BCUT2D eigenvalue weighted by Crippen LogP contribution is 2.29. The van der Waals surface area contributed by atoms with Gasteiger partial charge in [-0.2, -0.15) is 10.4 Å². The largest absolute Gasteiger partial charge is 0.496 e. The smallest absolute Gasteiger partial charge is 0.255 e. The van der Waals surface area contributed by atoms with Crippen LogP contribution in [0.3, 0.4) is 0 Å². The molecule has 4 rings (SSSR count). The minimum absolute atomic E-state index is 0.131. The molecule has 0 spiro atoms. The summed E-state index contributed by atoms with van der Waals surface area (Å²) < 4.78 is 20.2. The van der Waals surface area contributed by atoms with Crippen LogP contribution in [0.5, 0.6) is 5.75 Å². The number of carbonyl (C=O) groups is 1. The molecule has 3 aromatic carbocycles. The van der Waals surface area contributed by atoms with Crippen LogP contribution in [0, 0.1) is 17.1 Å². The first-order chi connectivity index (χ1) is 16.0. The van der Waals surface area contributed by atoms with Crippen LogP contribution < -0.4 is 15.8 Å². The van der Waals surface area contributed by atoms with E-state index in [4.69, 9.17) is 10.5 Å². The summed E-state index contributed by atoms with van der Waals surface area (Å²) in [5.41, 5.74) is 9.13. The third-order valence-electron chi connectivity index (χ3n) is 5.12. The van der Waals surface area contributed by atoms with Gasteiger partial charge in [-0.25, -0.2) is 9.07 Å². The van der Waals surface area contributed by atoms with Crippen LogP contribution in [0.4, 0.5) is 10.2 Å². The number of nitriles is 1. The summed E-state index contributed by atoms with van der Waals surface area (Å²) in [6, 6.07) is 22.1. The fourth-order valence-corrected chi connectivity index (χ4v) is 3.44. The second-order valence-electron chi connectivity index (χ2n) is 7.19. The predicted molar refractivity (Wildman–Crippen MR) is 122 cm³/mol. The summed E-state index contributed by atoms with van der Waals surface area (Å²) in [6.45, 7) is 0.308. The van der Waals surface area contributed by atoms with Crippen LogP contribution in [-0.4, -0.2) is 22.8 Å². The van der Waals surface area contributed by atoms with Crippen molar-refractivity contribution in [2.24, 2.45) is 0 Å². The number of nitrogens with one attached hydrogen (secondary N) is 1. The van der Waals surface area contributed by atoms with Crippen molar-refractivity contribution in [2.45, 2.75) is 6.54 Å². The van der Waals surface area contributed by atoms with Crippen molar-refractivity contribution in [3.63, 3.8) is 0 Å². The number of halogens is 1. The summed E-state index contributed by atoms with van der Waals surface area (Å²) in [7, 11) is 1.52. The van der Waals surface area contributed by atoms with E-state index in [1.807, 2.05) is 12.1 Å².